The number of amides is 2. The Kier molecular flexibility index (Phi) is 4.16. The van der Waals surface area contributed by atoms with Crippen LogP contribution in [-0.4, -0.2) is 49.6 Å². The van der Waals surface area contributed by atoms with Gasteiger partial charge in [-0.05, 0) is 18.6 Å². The average molecular weight is 262 g/mol. The van der Waals surface area contributed by atoms with Gasteiger partial charge in [0.1, 0.15) is 0 Å². The first-order chi connectivity index (χ1) is 9.13. The van der Waals surface area contributed by atoms with E-state index in [1.807, 2.05) is 31.2 Å². The number of carbonyl (C=O) groups is 2. The van der Waals surface area contributed by atoms with Crippen molar-refractivity contribution in [3.8, 4) is 0 Å². The fourth-order valence-electron chi connectivity index (χ4n) is 2.14. The molecule has 19 heavy (non-hydrogen) atoms. The van der Waals surface area contributed by atoms with Crippen LogP contribution in [0.2, 0.25) is 0 Å². The van der Waals surface area contributed by atoms with Crippen LogP contribution in [0.1, 0.15) is 15.9 Å². The van der Waals surface area contributed by atoms with Crippen molar-refractivity contribution in [3.63, 3.8) is 0 Å². The molecule has 0 aromatic heterocycles. The summed E-state index contributed by atoms with van der Waals surface area (Å²) in [5.41, 5.74) is 1.62. The Labute approximate surface area is 112 Å². The number of nitrogens with zero attached hydrogens (tertiary/aromatic N) is 1. The number of nitrogens with one attached hydrogen (secondary N) is 1. The molecule has 1 aliphatic rings. The van der Waals surface area contributed by atoms with E-state index in [-0.39, 0.29) is 11.8 Å². The first-order valence-corrected chi connectivity index (χ1v) is 6.31. The molecule has 0 bridgehead atoms. The summed E-state index contributed by atoms with van der Waals surface area (Å²) in [6.45, 7) is 3.10. The van der Waals surface area contributed by atoms with Crippen molar-refractivity contribution >= 4 is 11.8 Å². The van der Waals surface area contributed by atoms with E-state index in [1.165, 1.54) is 0 Å². The van der Waals surface area contributed by atoms with Gasteiger partial charge in [-0.3, -0.25) is 9.59 Å². The van der Waals surface area contributed by atoms with Crippen LogP contribution in [0, 0.1) is 6.92 Å². The van der Waals surface area contributed by atoms with Crippen LogP contribution in [0.3, 0.4) is 0 Å². The highest BCUT2D eigenvalue weighted by Crippen LogP contribution is 2.14. The van der Waals surface area contributed by atoms with Gasteiger partial charge in [-0.15, -0.1) is 0 Å². The molecule has 0 saturated carbocycles. The summed E-state index contributed by atoms with van der Waals surface area (Å²) in [5.74, 6) is -0.238. The van der Waals surface area contributed by atoms with E-state index < -0.39 is 6.10 Å². The highest BCUT2D eigenvalue weighted by Gasteiger charge is 2.29. The van der Waals surface area contributed by atoms with Crippen molar-refractivity contribution in [2.45, 2.75) is 13.0 Å². The van der Waals surface area contributed by atoms with E-state index in [2.05, 4.69) is 5.32 Å². The summed E-state index contributed by atoms with van der Waals surface area (Å²) in [5, 5.41) is 2.54. The second-order valence-corrected chi connectivity index (χ2v) is 4.54. The maximum atomic E-state index is 12.4. The van der Waals surface area contributed by atoms with Crippen molar-refractivity contribution in [1.82, 2.24) is 10.2 Å². The largest absolute Gasteiger partial charge is 0.365 e. The lowest BCUT2D eigenvalue weighted by Crippen LogP contribution is -2.51. The monoisotopic (exact) mass is 262 g/mol. The number of hydrogen-bond acceptors (Lipinski definition) is 3. The molecule has 102 valence electrons. The highest BCUT2D eigenvalue weighted by atomic mass is 16.5. The van der Waals surface area contributed by atoms with Crippen LogP contribution in [0.15, 0.2) is 24.3 Å². The van der Waals surface area contributed by atoms with Gasteiger partial charge in [0.15, 0.2) is 6.10 Å². The van der Waals surface area contributed by atoms with Gasteiger partial charge in [0.25, 0.3) is 11.8 Å². The van der Waals surface area contributed by atoms with Crippen LogP contribution >= 0.6 is 0 Å². The third kappa shape index (κ3) is 2.93. The molecule has 1 aromatic rings. The molecule has 1 N–H and O–H groups in total. The molecule has 0 radical (unpaired) electrons. The number of carbonyl (C=O) groups excluding carboxylic acids is 2. The topological polar surface area (TPSA) is 58.6 Å². The van der Waals surface area contributed by atoms with Crippen LogP contribution in [0.25, 0.3) is 0 Å². The Morgan fingerprint density at radius 3 is 2.79 bits per heavy atom. The van der Waals surface area contributed by atoms with Gasteiger partial charge in [0.2, 0.25) is 0 Å². The molecule has 1 saturated heterocycles. The van der Waals surface area contributed by atoms with Crippen LogP contribution < -0.4 is 5.32 Å². The summed E-state index contributed by atoms with van der Waals surface area (Å²) < 4.78 is 5.37. The van der Waals surface area contributed by atoms with Gasteiger partial charge in [-0.25, -0.2) is 0 Å². The Bertz CT molecular complexity index is 487. The lowest BCUT2D eigenvalue weighted by atomic mass is 10.1. The van der Waals surface area contributed by atoms with Crippen LogP contribution in [-0.2, 0) is 9.53 Å². The third-order valence-corrected chi connectivity index (χ3v) is 3.27. The van der Waals surface area contributed by atoms with Gasteiger partial charge < -0.3 is 15.0 Å². The van der Waals surface area contributed by atoms with E-state index in [0.29, 0.717) is 25.3 Å². The van der Waals surface area contributed by atoms with Gasteiger partial charge in [-0.1, -0.05) is 18.2 Å². The third-order valence-electron chi connectivity index (χ3n) is 3.27. The van der Waals surface area contributed by atoms with E-state index in [9.17, 15) is 9.59 Å². The van der Waals surface area contributed by atoms with Crippen molar-refractivity contribution in [3.05, 3.63) is 35.4 Å². The Morgan fingerprint density at radius 2 is 2.11 bits per heavy atom. The minimum Gasteiger partial charge on any atom is -0.365 e. The van der Waals surface area contributed by atoms with Gasteiger partial charge in [0.05, 0.1) is 13.2 Å². The predicted octanol–water partition coefficient (Wildman–Crippen LogP) is 0.582. The predicted molar refractivity (Wildman–Crippen MR) is 70.9 cm³/mol. The number of likely N-dealkylation sites (N-methyl/N-ethyl adjacent to an activating group) is 1. The molecular formula is C14H18N2O3. The molecule has 5 nitrogen and oxygen atoms in total. The van der Waals surface area contributed by atoms with Crippen molar-refractivity contribution in [2.75, 3.05) is 26.7 Å². The minimum absolute atomic E-state index is 0.0460. The zero-order chi connectivity index (χ0) is 13.8. The van der Waals surface area contributed by atoms with Crippen molar-refractivity contribution < 1.29 is 14.3 Å². The number of hydrogen-bond donors (Lipinski definition) is 1. The summed E-state index contributed by atoms with van der Waals surface area (Å²) in [6.07, 6.45) is -0.577. The number of rotatable bonds is 2. The normalized spacial score (nSPS) is 19.1. The quantitative estimate of drug-likeness (QED) is 0.848. The highest BCUT2D eigenvalue weighted by molar-refractivity contribution is 5.96. The summed E-state index contributed by atoms with van der Waals surface area (Å²) in [7, 11) is 1.56. The molecule has 1 heterocycles. The Balaban J connectivity index is 2.11. The molecule has 1 aromatic carbocycles. The molecule has 1 fully saturated rings. The fraction of sp³-hybridized carbons (Fsp3) is 0.429. The van der Waals surface area contributed by atoms with Crippen LogP contribution in [0.5, 0.6) is 0 Å². The summed E-state index contributed by atoms with van der Waals surface area (Å²) in [6, 6.07) is 7.46. The zero-order valence-electron chi connectivity index (χ0n) is 11.2. The molecule has 2 amide bonds. The molecular weight excluding hydrogens is 244 g/mol. The van der Waals surface area contributed by atoms with E-state index >= 15 is 0 Å². The maximum absolute atomic E-state index is 12.4. The second-order valence-electron chi connectivity index (χ2n) is 4.54. The molecule has 0 spiro atoms. The first kappa shape index (κ1) is 13.5. The number of ether oxygens (including phenoxy) is 1. The molecule has 0 unspecified atom stereocenters. The summed E-state index contributed by atoms with van der Waals surface area (Å²) >= 11 is 0. The first-order valence-electron chi connectivity index (χ1n) is 6.31. The van der Waals surface area contributed by atoms with Crippen LogP contribution in [0.4, 0.5) is 0 Å². The summed E-state index contributed by atoms with van der Waals surface area (Å²) in [4.78, 5) is 25.7. The standard InChI is InChI=1S/C14H18N2O3/c1-10-5-3-4-6-11(10)14(18)16-7-8-19-12(9-16)13(17)15-2/h3-6,12H,7-9H2,1-2H3,(H,15,17)/t12-/m0/s1. The molecule has 2 rings (SSSR count). The van der Waals surface area contributed by atoms with Gasteiger partial charge in [0, 0.05) is 19.2 Å². The molecule has 5 heteroatoms. The van der Waals surface area contributed by atoms with Crippen molar-refractivity contribution in [2.24, 2.45) is 0 Å². The second kappa shape index (κ2) is 5.84. The van der Waals surface area contributed by atoms with E-state index in [0.717, 1.165) is 5.56 Å². The molecule has 1 aliphatic heterocycles. The van der Waals surface area contributed by atoms with Crippen molar-refractivity contribution in [1.29, 1.82) is 0 Å². The van der Waals surface area contributed by atoms with Gasteiger partial charge in [-0.2, -0.15) is 0 Å². The number of benzene rings is 1. The molecule has 1 atom stereocenters. The SMILES string of the molecule is CNC(=O)[C@@H]1CN(C(=O)c2ccccc2C)CCO1. The average Bonchev–Trinajstić information content (AvgIpc) is 2.46. The Morgan fingerprint density at radius 1 is 1.37 bits per heavy atom. The zero-order valence-corrected chi connectivity index (χ0v) is 11.2. The maximum Gasteiger partial charge on any atom is 0.254 e. The number of aryl methyl sites for hydroxylation is 1. The molecule has 0 aliphatic carbocycles. The number of morpholine rings is 1. The van der Waals surface area contributed by atoms with E-state index in [4.69, 9.17) is 4.74 Å². The van der Waals surface area contributed by atoms with E-state index in [1.54, 1.807) is 11.9 Å². The fourth-order valence-corrected chi connectivity index (χ4v) is 2.14. The Hall–Kier alpha value is -1.88. The lowest BCUT2D eigenvalue weighted by molar-refractivity contribution is -0.136. The lowest BCUT2D eigenvalue weighted by Gasteiger charge is -2.32. The smallest absolute Gasteiger partial charge is 0.254 e. The van der Waals surface area contributed by atoms with Gasteiger partial charge >= 0.3 is 0 Å². The minimum atomic E-state index is -0.577.